The molecule has 0 spiro atoms. The molecule has 1 aromatic heterocycles. The minimum Gasteiger partial charge on any atom is -0.479 e. The number of rotatable bonds is 8. The van der Waals surface area contributed by atoms with Gasteiger partial charge in [0.1, 0.15) is 11.9 Å². The van der Waals surface area contributed by atoms with Gasteiger partial charge >= 0.3 is 0 Å². The van der Waals surface area contributed by atoms with E-state index in [1.165, 1.54) is 25.4 Å². The van der Waals surface area contributed by atoms with Gasteiger partial charge in [-0.1, -0.05) is 0 Å². The van der Waals surface area contributed by atoms with Crippen LogP contribution in [-0.2, 0) is 9.47 Å². The lowest BCUT2D eigenvalue weighted by Crippen LogP contribution is -2.42. The number of thiazole rings is 1. The van der Waals surface area contributed by atoms with Crippen LogP contribution >= 0.6 is 11.3 Å². The summed E-state index contributed by atoms with van der Waals surface area (Å²) in [5.74, 6) is 0.213. The van der Waals surface area contributed by atoms with Crippen LogP contribution < -0.4 is 4.74 Å². The van der Waals surface area contributed by atoms with E-state index in [0.717, 1.165) is 0 Å². The highest BCUT2D eigenvalue weighted by molar-refractivity contribution is 7.20. The summed E-state index contributed by atoms with van der Waals surface area (Å²) < 4.78 is 16.2. The average Bonchev–Trinajstić information content (AvgIpc) is 3.00. The molecule has 0 radical (unpaired) electrons. The summed E-state index contributed by atoms with van der Waals surface area (Å²) in [6, 6.07) is 4.80. The van der Waals surface area contributed by atoms with Gasteiger partial charge in [-0.2, -0.15) is 0 Å². The molecule has 138 valence electrons. The van der Waals surface area contributed by atoms with E-state index in [0.29, 0.717) is 15.2 Å². The number of methoxy groups -OCH3 is 1. The van der Waals surface area contributed by atoms with Crippen molar-refractivity contribution in [2.75, 3.05) is 13.7 Å². The SMILES string of the molecule is COC(=N)c1nc2ccc(OC(OC(CO)C(C)O)C(O)O)cc2s1. The van der Waals surface area contributed by atoms with Gasteiger partial charge in [0, 0.05) is 0 Å². The highest BCUT2D eigenvalue weighted by Gasteiger charge is 2.26. The van der Waals surface area contributed by atoms with Crippen molar-refractivity contribution >= 4 is 27.5 Å². The molecule has 25 heavy (non-hydrogen) atoms. The number of nitrogens with one attached hydrogen (secondary N) is 1. The van der Waals surface area contributed by atoms with Crippen LogP contribution in [0.25, 0.3) is 10.2 Å². The summed E-state index contributed by atoms with van der Waals surface area (Å²) in [5.41, 5.74) is 0.633. The number of aliphatic hydroxyl groups excluding tert-OH is 3. The molecule has 0 saturated heterocycles. The number of benzene rings is 1. The first kappa shape index (κ1) is 19.5. The van der Waals surface area contributed by atoms with Crippen LogP contribution in [-0.4, -0.2) is 69.8 Å². The van der Waals surface area contributed by atoms with Gasteiger partial charge in [0.05, 0.1) is 30.0 Å². The van der Waals surface area contributed by atoms with Gasteiger partial charge in [-0.05, 0) is 25.1 Å². The van der Waals surface area contributed by atoms with Crippen molar-refractivity contribution < 1.29 is 34.6 Å². The predicted octanol–water partition coefficient (Wildman–Crippen LogP) is 0.0420. The van der Waals surface area contributed by atoms with Crippen LogP contribution in [0.5, 0.6) is 5.75 Å². The Bertz CT molecular complexity index is 719. The molecule has 1 aromatic carbocycles. The van der Waals surface area contributed by atoms with Crippen LogP contribution in [0.3, 0.4) is 0 Å². The molecule has 2 rings (SSSR count). The fraction of sp³-hybridized carbons (Fsp3) is 0.467. The molecule has 3 atom stereocenters. The smallest absolute Gasteiger partial charge is 0.251 e. The van der Waals surface area contributed by atoms with Crippen molar-refractivity contribution in [1.82, 2.24) is 4.98 Å². The molecule has 0 fully saturated rings. The van der Waals surface area contributed by atoms with E-state index >= 15 is 0 Å². The number of aliphatic hydroxyl groups is 4. The van der Waals surface area contributed by atoms with Crippen molar-refractivity contribution in [3.8, 4) is 5.75 Å². The Morgan fingerprint density at radius 1 is 1.32 bits per heavy atom. The van der Waals surface area contributed by atoms with Crippen molar-refractivity contribution in [3.63, 3.8) is 0 Å². The van der Waals surface area contributed by atoms with E-state index in [2.05, 4.69) is 4.98 Å². The number of ether oxygens (including phenoxy) is 3. The maximum Gasteiger partial charge on any atom is 0.251 e. The number of aromatic nitrogens is 1. The van der Waals surface area contributed by atoms with E-state index < -0.39 is 31.4 Å². The maximum absolute atomic E-state index is 9.49. The first-order valence-corrected chi connectivity index (χ1v) is 8.18. The quantitative estimate of drug-likeness (QED) is 0.248. The van der Waals surface area contributed by atoms with Crippen molar-refractivity contribution in [2.24, 2.45) is 0 Å². The predicted molar refractivity (Wildman–Crippen MR) is 89.7 cm³/mol. The third-order valence-corrected chi connectivity index (χ3v) is 4.30. The lowest BCUT2D eigenvalue weighted by molar-refractivity contribution is -0.250. The first-order chi connectivity index (χ1) is 11.8. The number of hydrogen-bond acceptors (Lipinski definition) is 10. The van der Waals surface area contributed by atoms with Gasteiger partial charge < -0.3 is 34.6 Å². The standard InChI is InChI=1S/C15H20N2O7S/c1-7(19)10(6-18)24-15(14(20)21)23-8-3-4-9-11(5-8)25-13(17-9)12(16)22-2/h3-5,7,10,14-16,18-21H,6H2,1-2H3. The second-order valence-electron chi connectivity index (χ2n) is 5.18. The zero-order valence-corrected chi connectivity index (χ0v) is 14.4. The fourth-order valence-electron chi connectivity index (χ4n) is 1.94. The Balaban J connectivity index is 2.19. The molecule has 0 aliphatic carbocycles. The normalized spacial score (nSPS) is 15.2. The molecule has 0 bridgehead atoms. The number of nitrogens with zero attached hydrogens (tertiary/aromatic N) is 1. The van der Waals surface area contributed by atoms with E-state index in [1.807, 2.05) is 0 Å². The van der Waals surface area contributed by atoms with Crippen LogP contribution in [0.4, 0.5) is 0 Å². The number of fused-ring (bicyclic) bond motifs is 1. The third kappa shape index (κ3) is 4.84. The Labute approximate surface area is 147 Å². The Hall–Kier alpha value is -1.82. The second-order valence-corrected chi connectivity index (χ2v) is 6.21. The summed E-state index contributed by atoms with van der Waals surface area (Å²) in [4.78, 5) is 4.24. The third-order valence-electron chi connectivity index (χ3n) is 3.28. The van der Waals surface area contributed by atoms with Gasteiger partial charge in [0.15, 0.2) is 5.01 Å². The molecule has 10 heteroatoms. The molecule has 2 aromatic rings. The van der Waals surface area contributed by atoms with E-state index in [-0.39, 0.29) is 11.6 Å². The van der Waals surface area contributed by atoms with Crippen LogP contribution in [0.15, 0.2) is 18.2 Å². The minimum atomic E-state index is -1.98. The molecule has 5 N–H and O–H groups in total. The van der Waals surface area contributed by atoms with E-state index in [1.54, 1.807) is 18.2 Å². The zero-order chi connectivity index (χ0) is 18.6. The van der Waals surface area contributed by atoms with E-state index in [9.17, 15) is 20.4 Å². The molecular formula is C15H20N2O7S. The van der Waals surface area contributed by atoms with Crippen molar-refractivity contribution in [2.45, 2.75) is 31.7 Å². The molecular weight excluding hydrogens is 352 g/mol. The topological polar surface area (TPSA) is 145 Å². The molecule has 0 amide bonds. The Kier molecular flexibility index (Phi) is 6.64. The average molecular weight is 372 g/mol. The lowest BCUT2D eigenvalue weighted by Gasteiger charge is -2.26. The largest absolute Gasteiger partial charge is 0.479 e. The van der Waals surface area contributed by atoms with Crippen molar-refractivity contribution in [3.05, 3.63) is 23.2 Å². The summed E-state index contributed by atoms with van der Waals surface area (Å²) >= 11 is 1.22. The molecule has 9 nitrogen and oxygen atoms in total. The summed E-state index contributed by atoms with van der Waals surface area (Å²) in [5, 5.41) is 45.5. The van der Waals surface area contributed by atoms with Crippen LogP contribution in [0.2, 0.25) is 0 Å². The molecule has 1 heterocycles. The second kappa shape index (κ2) is 8.52. The maximum atomic E-state index is 9.49. The summed E-state index contributed by atoms with van der Waals surface area (Å²) in [7, 11) is 1.38. The Morgan fingerprint density at radius 3 is 2.60 bits per heavy atom. The zero-order valence-electron chi connectivity index (χ0n) is 13.6. The van der Waals surface area contributed by atoms with Gasteiger partial charge in [-0.15, -0.1) is 11.3 Å². The summed E-state index contributed by atoms with van der Waals surface area (Å²) in [6.07, 6.45) is -5.55. The molecule has 0 saturated carbocycles. The number of hydrogen-bond donors (Lipinski definition) is 5. The lowest BCUT2D eigenvalue weighted by atomic mass is 10.2. The van der Waals surface area contributed by atoms with Gasteiger partial charge in [-0.25, -0.2) is 4.98 Å². The van der Waals surface area contributed by atoms with Gasteiger partial charge in [0.25, 0.3) is 6.29 Å². The fourth-order valence-corrected chi connectivity index (χ4v) is 2.86. The van der Waals surface area contributed by atoms with Gasteiger partial charge in [0.2, 0.25) is 12.2 Å². The van der Waals surface area contributed by atoms with Crippen LogP contribution in [0.1, 0.15) is 11.9 Å². The molecule has 3 unspecified atom stereocenters. The highest BCUT2D eigenvalue weighted by Crippen LogP contribution is 2.27. The first-order valence-electron chi connectivity index (χ1n) is 7.36. The monoisotopic (exact) mass is 372 g/mol. The van der Waals surface area contributed by atoms with Crippen LogP contribution in [0, 0.1) is 5.41 Å². The van der Waals surface area contributed by atoms with Crippen molar-refractivity contribution in [1.29, 1.82) is 5.41 Å². The highest BCUT2D eigenvalue weighted by atomic mass is 32.1. The molecule has 0 aliphatic rings. The Morgan fingerprint density at radius 2 is 2.04 bits per heavy atom. The minimum absolute atomic E-state index is 0.0571. The van der Waals surface area contributed by atoms with E-state index in [4.69, 9.17) is 19.6 Å². The summed E-state index contributed by atoms with van der Waals surface area (Å²) in [6.45, 7) is 0.887. The van der Waals surface area contributed by atoms with Gasteiger partial charge in [-0.3, -0.25) is 5.41 Å². The molecule has 0 aliphatic heterocycles.